The molecule has 1 saturated heterocycles. The van der Waals surface area contributed by atoms with E-state index in [1.165, 1.54) is 4.70 Å². The topological polar surface area (TPSA) is 49.3 Å². The highest BCUT2D eigenvalue weighted by Gasteiger charge is 2.31. The molecule has 2 aromatic heterocycles. The zero-order chi connectivity index (χ0) is 19.8. The van der Waals surface area contributed by atoms with Gasteiger partial charge in [-0.2, -0.15) is 0 Å². The second kappa shape index (κ2) is 7.82. The fourth-order valence-corrected chi connectivity index (χ4v) is 6.16. The number of hydrogen-bond acceptors (Lipinski definition) is 6. The minimum Gasteiger partial charge on any atom is -0.287 e. The number of thiazole rings is 2. The summed E-state index contributed by atoms with van der Waals surface area (Å²) in [5, 5.41) is 1.91. The highest BCUT2D eigenvalue weighted by molar-refractivity contribution is 7.22. The number of para-hydroxylation sites is 2. The van der Waals surface area contributed by atoms with Crippen molar-refractivity contribution in [3.63, 3.8) is 0 Å². The van der Waals surface area contributed by atoms with Gasteiger partial charge in [-0.05, 0) is 50.6 Å². The number of rotatable bonds is 5. The number of benzene rings is 2. The van der Waals surface area contributed by atoms with Crippen molar-refractivity contribution in [2.45, 2.75) is 25.8 Å². The zero-order valence-electron chi connectivity index (χ0n) is 16.2. The normalized spacial score (nSPS) is 17.3. The molecule has 0 saturated carbocycles. The number of anilines is 1. The monoisotopic (exact) mass is 422 g/mol. The van der Waals surface area contributed by atoms with Crippen molar-refractivity contribution in [1.82, 2.24) is 14.9 Å². The van der Waals surface area contributed by atoms with E-state index in [0.717, 1.165) is 45.3 Å². The summed E-state index contributed by atoms with van der Waals surface area (Å²) in [6.45, 7) is 3.98. The minimum atomic E-state index is 0.111. The Hall–Kier alpha value is -2.35. The first-order valence-electron chi connectivity index (χ1n) is 9.98. The van der Waals surface area contributed by atoms with Gasteiger partial charge in [0.2, 0.25) is 5.91 Å². The lowest BCUT2D eigenvalue weighted by atomic mass is 10.2. The molecule has 1 unspecified atom stereocenters. The molecule has 0 spiro atoms. The number of likely N-dealkylation sites (N-methyl/N-ethyl adjacent to an activating group) is 1. The van der Waals surface area contributed by atoms with Gasteiger partial charge in [-0.25, -0.2) is 9.97 Å². The SMILES string of the molecule is CCN(C(=O)CN1CCCC1c1nc2ccccc2s1)c1nc2ccccc2s1. The Morgan fingerprint density at radius 3 is 2.45 bits per heavy atom. The van der Waals surface area contributed by atoms with Gasteiger partial charge in [-0.3, -0.25) is 14.6 Å². The molecule has 0 bridgehead atoms. The van der Waals surface area contributed by atoms with Crippen molar-refractivity contribution in [1.29, 1.82) is 0 Å². The molecule has 7 heteroatoms. The Morgan fingerprint density at radius 2 is 1.76 bits per heavy atom. The highest BCUT2D eigenvalue weighted by atomic mass is 32.1. The lowest BCUT2D eigenvalue weighted by Gasteiger charge is -2.25. The Morgan fingerprint density at radius 1 is 1.07 bits per heavy atom. The largest absolute Gasteiger partial charge is 0.287 e. The van der Waals surface area contributed by atoms with Gasteiger partial charge < -0.3 is 0 Å². The minimum absolute atomic E-state index is 0.111. The first kappa shape index (κ1) is 18.7. The molecule has 2 aromatic carbocycles. The molecule has 5 rings (SSSR count). The smallest absolute Gasteiger partial charge is 0.242 e. The quantitative estimate of drug-likeness (QED) is 0.449. The second-order valence-electron chi connectivity index (χ2n) is 7.25. The summed E-state index contributed by atoms with van der Waals surface area (Å²) in [5.74, 6) is 0.111. The van der Waals surface area contributed by atoms with Gasteiger partial charge in [-0.15, -0.1) is 11.3 Å². The van der Waals surface area contributed by atoms with Crippen LogP contribution in [0.2, 0.25) is 0 Å². The van der Waals surface area contributed by atoms with Crippen molar-refractivity contribution in [3.8, 4) is 0 Å². The molecule has 1 fully saturated rings. The number of carbonyl (C=O) groups is 1. The van der Waals surface area contributed by atoms with Gasteiger partial charge in [-0.1, -0.05) is 35.6 Å². The van der Waals surface area contributed by atoms with Crippen LogP contribution in [0.25, 0.3) is 20.4 Å². The number of carbonyl (C=O) groups excluding carboxylic acids is 1. The van der Waals surface area contributed by atoms with Crippen molar-refractivity contribution >= 4 is 54.1 Å². The molecule has 3 heterocycles. The lowest BCUT2D eigenvalue weighted by molar-refractivity contribution is -0.119. The first-order chi connectivity index (χ1) is 14.2. The summed E-state index contributed by atoms with van der Waals surface area (Å²) >= 11 is 3.33. The van der Waals surface area contributed by atoms with Crippen LogP contribution < -0.4 is 4.90 Å². The van der Waals surface area contributed by atoms with Gasteiger partial charge in [0.1, 0.15) is 5.01 Å². The third-order valence-electron chi connectivity index (χ3n) is 5.43. The Kier molecular flexibility index (Phi) is 5.03. The van der Waals surface area contributed by atoms with Gasteiger partial charge in [0.25, 0.3) is 0 Å². The number of fused-ring (bicyclic) bond motifs is 2. The summed E-state index contributed by atoms with van der Waals surface area (Å²) < 4.78 is 2.33. The van der Waals surface area contributed by atoms with Gasteiger partial charge >= 0.3 is 0 Å². The Bertz CT molecular complexity index is 1100. The fraction of sp³-hybridized carbons (Fsp3) is 0.318. The second-order valence-corrected chi connectivity index (χ2v) is 9.32. The van der Waals surface area contributed by atoms with E-state index in [0.29, 0.717) is 13.1 Å². The average molecular weight is 423 g/mol. The third kappa shape index (κ3) is 3.54. The van der Waals surface area contributed by atoms with E-state index in [2.05, 4.69) is 34.1 Å². The number of amides is 1. The van der Waals surface area contributed by atoms with E-state index in [1.807, 2.05) is 36.1 Å². The van der Waals surface area contributed by atoms with Gasteiger partial charge in [0.05, 0.1) is 33.0 Å². The molecule has 29 heavy (non-hydrogen) atoms. The number of hydrogen-bond donors (Lipinski definition) is 0. The molecule has 1 atom stereocenters. The van der Waals surface area contributed by atoms with Gasteiger partial charge in [0.15, 0.2) is 5.13 Å². The molecule has 1 aliphatic rings. The van der Waals surface area contributed by atoms with E-state index < -0.39 is 0 Å². The van der Waals surface area contributed by atoms with Crippen LogP contribution >= 0.6 is 22.7 Å². The van der Waals surface area contributed by atoms with E-state index in [9.17, 15) is 4.79 Å². The average Bonchev–Trinajstić information content (AvgIpc) is 3.45. The summed E-state index contributed by atoms with van der Waals surface area (Å²) in [6, 6.07) is 16.5. The molecule has 0 N–H and O–H groups in total. The molecule has 1 aliphatic heterocycles. The predicted octanol–water partition coefficient (Wildman–Crippen LogP) is 5.10. The van der Waals surface area contributed by atoms with Crippen molar-refractivity contribution in [2.24, 2.45) is 0 Å². The molecule has 1 amide bonds. The summed E-state index contributed by atoms with van der Waals surface area (Å²) in [5.41, 5.74) is 2.00. The van der Waals surface area contributed by atoms with E-state index in [1.54, 1.807) is 22.7 Å². The van der Waals surface area contributed by atoms with E-state index in [-0.39, 0.29) is 11.9 Å². The van der Waals surface area contributed by atoms with Crippen LogP contribution in [0.15, 0.2) is 48.5 Å². The fourth-order valence-electron chi connectivity index (χ4n) is 3.98. The molecular formula is C22H22N4OS2. The van der Waals surface area contributed by atoms with Crippen LogP contribution in [-0.4, -0.2) is 40.4 Å². The molecule has 4 aromatic rings. The maximum absolute atomic E-state index is 13.2. The Balaban J connectivity index is 1.36. The predicted molar refractivity (Wildman–Crippen MR) is 121 cm³/mol. The Labute approximate surface area is 177 Å². The molecule has 5 nitrogen and oxygen atoms in total. The van der Waals surface area contributed by atoms with Gasteiger partial charge in [0, 0.05) is 6.54 Å². The molecular weight excluding hydrogens is 400 g/mol. The standard InChI is InChI=1S/C22H22N4OS2/c1-2-26(22-24-16-9-4-6-12-19(16)29-22)20(27)14-25-13-7-10-17(25)21-23-15-8-3-5-11-18(15)28-21/h3-6,8-9,11-12,17H,2,7,10,13-14H2,1H3. The van der Waals surface area contributed by atoms with E-state index in [4.69, 9.17) is 4.98 Å². The van der Waals surface area contributed by atoms with Crippen LogP contribution in [0.5, 0.6) is 0 Å². The number of likely N-dealkylation sites (tertiary alicyclic amines) is 1. The van der Waals surface area contributed by atoms with Crippen molar-refractivity contribution in [2.75, 3.05) is 24.5 Å². The van der Waals surface area contributed by atoms with Crippen molar-refractivity contribution in [3.05, 3.63) is 53.5 Å². The molecule has 0 radical (unpaired) electrons. The van der Waals surface area contributed by atoms with Crippen LogP contribution in [-0.2, 0) is 4.79 Å². The summed E-state index contributed by atoms with van der Waals surface area (Å²) in [4.78, 5) is 26.8. The van der Waals surface area contributed by atoms with Crippen molar-refractivity contribution < 1.29 is 4.79 Å². The van der Waals surface area contributed by atoms with Crippen LogP contribution in [0.1, 0.15) is 30.8 Å². The molecule has 148 valence electrons. The number of aromatic nitrogens is 2. The maximum Gasteiger partial charge on any atom is 0.242 e. The summed E-state index contributed by atoms with van der Waals surface area (Å²) in [6.07, 6.45) is 2.15. The zero-order valence-corrected chi connectivity index (χ0v) is 17.9. The maximum atomic E-state index is 13.2. The van der Waals surface area contributed by atoms with Crippen LogP contribution in [0.4, 0.5) is 5.13 Å². The van der Waals surface area contributed by atoms with Crippen LogP contribution in [0, 0.1) is 0 Å². The highest BCUT2D eigenvalue weighted by Crippen LogP contribution is 2.36. The molecule has 0 aliphatic carbocycles. The van der Waals surface area contributed by atoms with E-state index >= 15 is 0 Å². The summed E-state index contributed by atoms with van der Waals surface area (Å²) in [7, 11) is 0. The third-order valence-corrected chi connectivity index (χ3v) is 7.63. The number of nitrogens with zero attached hydrogens (tertiary/aromatic N) is 4. The van der Waals surface area contributed by atoms with Crippen LogP contribution in [0.3, 0.4) is 0 Å². The first-order valence-corrected chi connectivity index (χ1v) is 11.6. The lowest BCUT2D eigenvalue weighted by Crippen LogP contribution is -2.40.